The van der Waals surface area contributed by atoms with Crippen LogP contribution in [0.2, 0.25) is 10.0 Å². The zero-order chi connectivity index (χ0) is 23.6. The van der Waals surface area contributed by atoms with E-state index in [0.29, 0.717) is 28.5 Å². The monoisotopic (exact) mass is 483 g/mol. The second-order valence-corrected chi connectivity index (χ2v) is 9.41. The number of amides is 1. The number of benzene rings is 3. The van der Waals surface area contributed by atoms with Crippen LogP contribution in [0.5, 0.6) is 5.75 Å². The average Bonchev–Trinajstić information content (AvgIpc) is 3.10. The first-order valence-electron chi connectivity index (χ1n) is 10.5. The summed E-state index contributed by atoms with van der Waals surface area (Å²) < 4.78 is 6.23. The van der Waals surface area contributed by atoms with Gasteiger partial charge in [-0.3, -0.25) is 9.59 Å². The fourth-order valence-corrected chi connectivity index (χ4v) is 4.39. The summed E-state index contributed by atoms with van der Waals surface area (Å²) in [5.74, 6) is -0.677. The summed E-state index contributed by atoms with van der Waals surface area (Å²) >= 11 is 11.9. The third-order valence-corrected chi connectivity index (χ3v) is 6.12. The van der Waals surface area contributed by atoms with E-state index in [1.165, 1.54) is 4.90 Å². The summed E-state index contributed by atoms with van der Waals surface area (Å²) in [6, 6.07) is 20.0. The van der Waals surface area contributed by atoms with Crippen LogP contribution in [0, 0.1) is 0 Å². The third kappa shape index (κ3) is 5.67. The van der Waals surface area contributed by atoms with Crippen LogP contribution < -0.4 is 4.74 Å². The maximum atomic E-state index is 13.2. The van der Waals surface area contributed by atoms with Crippen LogP contribution in [0.1, 0.15) is 34.0 Å². The molecule has 5 nitrogen and oxygen atoms in total. The molecular formula is C26H23Cl2NO4. The molecule has 0 radical (unpaired) electrons. The molecule has 4 rings (SSSR count). The van der Waals surface area contributed by atoms with Gasteiger partial charge in [-0.1, -0.05) is 47.5 Å². The van der Waals surface area contributed by atoms with Crippen LogP contribution >= 0.6 is 23.2 Å². The lowest BCUT2D eigenvalue weighted by atomic mass is 9.91. The average molecular weight is 484 g/mol. The molecule has 0 aromatic heterocycles. The molecule has 1 atom stereocenters. The van der Waals surface area contributed by atoms with Crippen molar-refractivity contribution in [2.75, 3.05) is 6.54 Å². The van der Waals surface area contributed by atoms with Crippen LogP contribution in [0.4, 0.5) is 0 Å². The van der Waals surface area contributed by atoms with Gasteiger partial charge in [-0.2, -0.15) is 0 Å². The summed E-state index contributed by atoms with van der Waals surface area (Å²) in [6.45, 7) is 1.81. The van der Waals surface area contributed by atoms with Gasteiger partial charge < -0.3 is 14.7 Å². The summed E-state index contributed by atoms with van der Waals surface area (Å²) in [5.41, 5.74) is 2.83. The first-order valence-corrected chi connectivity index (χ1v) is 11.3. The van der Waals surface area contributed by atoms with Crippen molar-refractivity contribution in [3.63, 3.8) is 0 Å². The lowest BCUT2D eigenvalue weighted by Gasteiger charge is -2.24. The van der Waals surface area contributed by atoms with Crippen LogP contribution in [0.25, 0.3) is 0 Å². The van der Waals surface area contributed by atoms with Crippen molar-refractivity contribution < 1.29 is 19.4 Å². The van der Waals surface area contributed by atoms with Gasteiger partial charge >= 0.3 is 5.97 Å². The Bertz CT molecular complexity index is 1180. The second-order valence-electron chi connectivity index (χ2n) is 8.54. The highest BCUT2D eigenvalue weighted by atomic mass is 35.5. The number of carboxylic acid groups (broad SMARTS) is 1. The largest absolute Gasteiger partial charge is 0.487 e. The first kappa shape index (κ1) is 23.1. The van der Waals surface area contributed by atoms with Gasteiger partial charge in [0.15, 0.2) is 0 Å². The minimum atomic E-state index is -1.07. The van der Waals surface area contributed by atoms with E-state index in [1.807, 2.05) is 37.3 Å². The highest BCUT2D eigenvalue weighted by Crippen LogP contribution is 2.37. The SMILES string of the molecule is CC1(Cc2ccc(Cl)cc2)Cc2cc(C(=O)N(CC(=O)O)Cc3ccc(Cl)cc3)ccc2O1. The Hall–Kier alpha value is -3.02. The molecule has 3 aromatic rings. The third-order valence-electron chi connectivity index (χ3n) is 5.62. The van der Waals surface area contributed by atoms with Crippen molar-refractivity contribution in [2.45, 2.75) is 31.9 Å². The maximum Gasteiger partial charge on any atom is 0.323 e. The van der Waals surface area contributed by atoms with Gasteiger partial charge in [-0.25, -0.2) is 0 Å². The van der Waals surface area contributed by atoms with E-state index < -0.39 is 18.1 Å². The van der Waals surface area contributed by atoms with Gasteiger partial charge in [-0.15, -0.1) is 0 Å². The molecule has 0 aliphatic carbocycles. The topological polar surface area (TPSA) is 66.8 Å². The Morgan fingerprint density at radius 2 is 1.58 bits per heavy atom. The molecular weight excluding hydrogens is 461 g/mol. The Kier molecular flexibility index (Phi) is 6.63. The second kappa shape index (κ2) is 9.46. The van der Waals surface area contributed by atoms with E-state index in [-0.39, 0.29) is 12.5 Å². The van der Waals surface area contributed by atoms with Crippen LogP contribution in [-0.2, 0) is 24.2 Å². The van der Waals surface area contributed by atoms with Gasteiger partial charge in [0.25, 0.3) is 5.91 Å². The number of rotatable bonds is 7. The van der Waals surface area contributed by atoms with Gasteiger partial charge in [-0.05, 0) is 66.1 Å². The first-order chi connectivity index (χ1) is 15.7. The summed E-state index contributed by atoms with van der Waals surface area (Å²) in [4.78, 5) is 25.9. The summed E-state index contributed by atoms with van der Waals surface area (Å²) in [5, 5.41) is 10.6. The summed E-state index contributed by atoms with van der Waals surface area (Å²) in [7, 11) is 0. The van der Waals surface area contributed by atoms with Crippen LogP contribution in [0.15, 0.2) is 66.7 Å². The Morgan fingerprint density at radius 3 is 2.18 bits per heavy atom. The number of carboxylic acids is 1. The predicted molar refractivity (Wildman–Crippen MR) is 128 cm³/mol. The molecule has 33 heavy (non-hydrogen) atoms. The standard InChI is InChI=1S/C26H23Cl2NO4/c1-26(13-17-2-7-21(27)8-3-17)14-20-12-19(6-11-23(20)33-26)25(32)29(16-24(30)31)15-18-4-9-22(28)10-5-18/h2-12H,13-16H2,1H3,(H,30,31). The fraction of sp³-hybridized carbons (Fsp3) is 0.231. The molecule has 0 saturated heterocycles. The normalized spacial score (nSPS) is 16.7. The molecule has 3 aromatic carbocycles. The molecule has 1 unspecified atom stereocenters. The lowest BCUT2D eigenvalue weighted by Crippen LogP contribution is -2.35. The Labute approximate surface area is 202 Å². The minimum absolute atomic E-state index is 0.171. The minimum Gasteiger partial charge on any atom is -0.487 e. The number of nitrogens with zero attached hydrogens (tertiary/aromatic N) is 1. The highest BCUT2D eigenvalue weighted by Gasteiger charge is 2.35. The van der Waals surface area contributed by atoms with E-state index in [1.54, 1.807) is 36.4 Å². The Balaban J connectivity index is 1.52. The number of carbonyl (C=O) groups excluding carboxylic acids is 1. The lowest BCUT2D eigenvalue weighted by molar-refractivity contribution is -0.137. The molecule has 1 aliphatic rings. The van der Waals surface area contributed by atoms with E-state index in [0.717, 1.165) is 22.4 Å². The quantitative estimate of drug-likeness (QED) is 0.470. The van der Waals surface area contributed by atoms with Crippen molar-refractivity contribution in [3.05, 3.63) is 99.0 Å². The van der Waals surface area contributed by atoms with E-state index in [4.69, 9.17) is 27.9 Å². The smallest absolute Gasteiger partial charge is 0.323 e. The molecule has 0 fully saturated rings. The molecule has 0 saturated carbocycles. The molecule has 7 heteroatoms. The molecule has 0 spiro atoms. The number of fused-ring (bicyclic) bond motifs is 1. The van der Waals surface area contributed by atoms with Crippen molar-refractivity contribution in [1.29, 1.82) is 0 Å². The fourth-order valence-electron chi connectivity index (χ4n) is 4.14. The van der Waals surface area contributed by atoms with Crippen LogP contribution in [-0.4, -0.2) is 34.0 Å². The van der Waals surface area contributed by atoms with Crippen molar-refractivity contribution in [3.8, 4) is 5.75 Å². The van der Waals surface area contributed by atoms with Crippen molar-refractivity contribution in [1.82, 2.24) is 4.90 Å². The van der Waals surface area contributed by atoms with Crippen LogP contribution in [0.3, 0.4) is 0 Å². The zero-order valence-corrected chi connectivity index (χ0v) is 19.6. The molecule has 170 valence electrons. The molecule has 1 amide bonds. The maximum absolute atomic E-state index is 13.2. The number of aliphatic carboxylic acids is 1. The van der Waals surface area contributed by atoms with E-state index in [9.17, 15) is 14.7 Å². The molecule has 1 N–H and O–H groups in total. The van der Waals surface area contributed by atoms with Gasteiger partial charge in [0.2, 0.25) is 0 Å². The predicted octanol–water partition coefficient (Wildman–Crippen LogP) is 5.66. The number of halogens is 2. The van der Waals surface area contributed by atoms with Gasteiger partial charge in [0.1, 0.15) is 17.9 Å². The molecule has 1 aliphatic heterocycles. The van der Waals surface area contributed by atoms with E-state index >= 15 is 0 Å². The van der Waals surface area contributed by atoms with Crippen molar-refractivity contribution >= 4 is 35.1 Å². The zero-order valence-electron chi connectivity index (χ0n) is 18.1. The highest BCUT2D eigenvalue weighted by molar-refractivity contribution is 6.30. The van der Waals surface area contributed by atoms with Gasteiger partial charge in [0, 0.05) is 35.0 Å². The van der Waals surface area contributed by atoms with E-state index in [2.05, 4.69) is 0 Å². The van der Waals surface area contributed by atoms with Gasteiger partial charge in [0.05, 0.1) is 0 Å². The number of ether oxygens (including phenoxy) is 1. The number of carbonyl (C=O) groups is 2. The Morgan fingerprint density at radius 1 is 0.970 bits per heavy atom. The summed E-state index contributed by atoms with van der Waals surface area (Å²) in [6.07, 6.45) is 1.34. The number of hydrogen-bond donors (Lipinski definition) is 1. The van der Waals surface area contributed by atoms with Crippen molar-refractivity contribution in [2.24, 2.45) is 0 Å². The molecule has 1 heterocycles. The molecule has 0 bridgehead atoms. The number of hydrogen-bond acceptors (Lipinski definition) is 3.